The third-order valence-electron chi connectivity index (χ3n) is 5.85. The number of carbonyl (C=O) groups is 2. The van der Waals surface area contributed by atoms with E-state index >= 15 is 0 Å². The maximum absolute atomic E-state index is 13.0. The van der Waals surface area contributed by atoms with Crippen LogP contribution in [0.25, 0.3) is 0 Å². The van der Waals surface area contributed by atoms with E-state index in [4.69, 9.17) is 11.6 Å². The van der Waals surface area contributed by atoms with Crippen LogP contribution in [0, 0.1) is 5.92 Å². The molecule has 2 aromatic carbocycles. The van der Waals surface area contributed by atoms with Gasteiger partial charge in [-0.25, -0.2) is 4.98 Å². The number of anilines is 3. The second-order valence-electron chi connectivity index (χ2n) is 7.83. The van der Waals surface area contributed by atoms with Crippen LogP contribution in [-0.2, 0) is 22.7 Å². The Morgan fingerprint density at radius 3 is 2.68 bits per heavy atom. The van der Waals surface area contributed by atoms with Crippen molar-refractivity contribution >= 4 is 40.6 Å². The van der Waals surface area contributed by atoms with Crippen molar-refractivity contribution in [3.8, 4) is 0 Å². The second-order valence-corrected chi connectivity index (χ2v) is 8.24. The molecule has 1 atom stereocenters. The minimum atomic E-state index is -0.423. The summed E-state index contributed by atoms with van der Waals surface area (Å²) in [5.41, 5.74) is 3.71. The van der Waals surface area contributed by atoms with Crippen LogP contribution in [0.3, 0.4) is 0 Å². The fraction of sp³-hybridized carbons (Fsp3) is 0.208. The van der Waals surface area contributed by atoms with Crippen LogP contribution >= 0.6 is 11.6 Å². The predicted octanol–water partition coefficient (Wildman–Crippen LogP) is 4.25. The minimum Gasteiger partial charge on any atom is -0.348 e. The Kier molecular flexibility index (Phi) is 5.08. The number of aromatic nitrogens is 1. The fourth-order valence-corrected chi connectivity index (χ4v) is 4.50. The number of pyridine rings is 1. The largest absolute Gasteiger partial charge is 0.348 e. The van der Waals surface area contributed by atoms with Gasteiger partial charge in [0, 0.05) is 37.9 Å². The van der Waals surface area contributed by atoms with E-state index in [1.807, 2.05) is 42.5 Å². The molecule has 1 fully saturated rings. The number of fused-ring (bicyclic) bond motifs is 1. The summed E-state index contributed by atoms with van der Waals surface area (Å²) in [5, 5.41) is 3.57. The number of benzene rings is 2. The molecule has 0 bridgehead atoms. The Morgan fingerprint density at radius 2 is 1.87 bits per heavy atom. The Balaban J connectivity index is 1.31. The molecule has 2 amide bonds. The van der Waals surface area contributed by atoms with E-state index in [1.165, 1.54) is 5.56 Å². The predicted molar refractivity (Wildman–Crippen MR) is 121 cm³/mol. The van der Waals surface area contributed by atoms with Crippen molar-refractivity contribution in [1.82, 2.24) is 4.98 Å². The van der Waals surface area contributed by atoms with E-state index in [9.17, 15) is 9.59 Å². The highest BCUT2D eigenvalue weighted by atomic mass is 35.5. The first kappa shape index (κ1) is 19.6. The maximum atomic E-state index is 13.0. The van der Waals surface area contributed by atoms with Gasteiger partial charge in [-0.05, 0) is 41.5 Å². The molecule has 7 heteroatoms. The van der Waals surface area contributed by atoms with Gasteiger partial charge in [-0.1, -0.05) is 41.9 Å². The van der Waals surface area contributed by atoms with Crippen molar-refractivity contribution < 1.29 is 9.59 Å². The van der Waals surface area contributed by atoms with Crippen molar-refractivity contribution in [2.75, 3.05) is 21.7 Å². The van der Waals surface area contributed by atoms with Crippen molar-refractivity contribution in [2.24, 2.45) is 5.92 Å². The molecule has 31 heavy (non-hydrogen) atoms. The van der Waals surface area contributed by atoms with Crippen LogP contribution in [-0.4, -0.2) is 23.3 Å². The number of amides is 2. The number of carbonyl (C=O) groups excluding carboxylic acids is 2. The maximum Gasteiger partial charge on any atom is 0.229 e. The lowest BCUT2D eigenvalue weighted by Gasteiger charge is -2.18. The molecule has 0 aliphatic carbocycles. The molecule has 1 unspecified atom stereocenters. The lowest BCUT2D eigenvalue weighted by Crippen LogP contribution is -2.28. The zero-order chi connectivity index (χ0) is 21.4. The summed E-state index contributed by atoms with van der Waals surface area (Å²) in [6.45, 7) is 1.75. The number of hydrogen-bond acceptors (Lipinski definition) is 4. The third-order valence-corrected chi connectivity index (χ3v) is 6.17. The summed E-state index contributed by atoms with van der Waals surface area (Å²) in [6, 6.07) is 19.0. The number of halogens is 1. The summed E-state index contributed by atoms with van der Waals surface area (Å²) in [4.78, 5) is 33.8. The molecule has 2 aliphatic rings. The van der Waals surface area contributed by atoms with Crippen molar-refractivity contribution in [3.63, 3.8) is 0 Å². The van der Waals surface area contributed by atoms with Gasteiger partial charge < -0.3 is 15.1 Å². The summed E-state index contributed by atoms with van der Waals surface area (Å²) < 4.78 is 0. The molecule has 3 aromatic rings. The van der Waals surface area contributed by atoms with Gasteiger partial charge in [-0.3, -0.25) is 9.59 Å². The molecule has 156 valence electrons. The molecule has 3 heterocycles. The van der Waals surface area contributed by atoms with Crippen molar-refractivity contribution in [3.05, 3.63) is 83.0 Å². The third kappa shape index (κ3) is 3.75. The molecule has 0 radical (unpaired) electrons. The van der Waals surface area contributed by atoms with Crippen LogP contribution in [0.15, 0.2) is 66.9 Å². The normalized spacial score (nSPS) is 17.7. The van der Waals surface area contributed by atoms with Gasteiger partial charge in [-0.15, -0.1) is 0 Å². The van der Waals surface area contributed by atoms with Crippen LogP contribution in [0.5, 0.6) is 0 Å². The molecule has 2 aliphatic heterocycles. The van der Waals surface area contributed by atoms with Crippen LogP contribution in [0.1, 0.15) is 17.5 Å². The Hall–Kier alpha value is -3.38. The van der Waals surface area contributed by atoms with E-state index < -0.39 is 5.92 Å². The first-order valence-electron chi connectivity index (χ1n) is 10.2. The summed E-state index contributed by atoms with van der Waals surface area (Å²) in [6.07, 6.45) is 1.95. The minimum absolute atomic E-state index is 0.0899. The quantitative estimate of drug-likeness (QED) is 0.669. The van der Waals surface area contributed by atoms with Gasteiger partial charge in [0.2, 0.25) is 11.8 Å². The summed E-state index contributed by atoms with van der Waals surface area (Å²) in [5.74, 6) is 0.251. The smallest absolute Gasteiger partial charge is 0.229 e. The molecular weight excluding hydrogens is 412 g/mol. The highest BCUT2D eigenvalue weighted by Crippen LogP contribution is 2.34. The molecule has 0 saturated carbocycles. The number of para-hydroxylation sites is 1. The van der Waals surface area contributed by atoms with Gasteiger partial charge in [-0.2, -0.15) is 0 Å². The molecule has 1 N–H and O–H groups in total. The SMILES string of the molecule is O=C(Nc1cccc2c1CN(c1ccccn1)C2)C1CC(=O)N(c2ccccc2Cl)C1. The van der Waals surface area contributed by atoms with Gasteiger partial charge in [0.1, 0.15) is 5.82 Å². The van der Waals surface area contributed by atoms with Crippen molar-refractivity contribution in [2.45, 2.75) is 19.5 Å². The highest BCUT2D eigenvalue weighted by molar-refractivity contribution is 6.33. The first-order chi connectivity index (χ1) is 15.1. The lowest BCUT2D eigenvalue weighted by molar-refractivity contribution is -0.122. The van der Waals surface area contributed by atoms with E-state index in [0.717, 1.165) is 23.6 Å². The molecule has 0 spiro atoms. The van der Waals surface area contributed by atoms with Gasteiger partial charge in [0.25, 0.3) is 0 Å². The second kappa shape index (κ2) is 8.04. The molecule has 6 nitrogen and oxygen atoms in total. The van der Waals surface area contributed by atoms with Crippen LogP contribution in [0.2, 0.25) is 5.02 Å². The van der Waals surface area contributed by atoms with E-state index in [2.05, 4.69) is 21.3 Å². The zero-order valence-corrected chi connectivity index (χ0v) is 17.5. The number of nitrogens with one attached hydrogen (secondary N) is 1. The average molecular weight is 433 g/mol. The molecular formula is C24H21ClN4O2. The highest BCUT2D eigenvalue weighted by Gasteiger charge is 2.36. The standard InChI is InChI=1S/C24H21ClN4O2/c25-19-7-1-2-9-21(19)29-14-17(12-23(29)30)24(31)27-20-8-5-6-16-13-28(15-18(16)20)22-10-3-4-11-26-22/h1-11,17H,12-15H2,(H,27,31). The molecule has 1 aromatic heterocycles. The van der Waals surface area contributed by atoms with Gasteiger partial charge in [0.05, 0.1) is 16.6 Å². The number of nitrogens with zero attached hydrogens (tertiary/aromatic N) is 3. The van der Waals surface area contributed by atoms with E-state index in [0.29, 0.717) is 23.8 Å². The first-order valence-corrected chi connectivity index (χ1v) is 10.6. The lowest BCUT2D eigenvalue weighted by atomic mass is 10.1. The van der Waals surface area contributed by atoms with E-state index in [1.54, 1.807) is 23.2 Å². The van der Waals surface area contributed by atoms with Gasteiger partial charge in [0.15, 0.2) is 0 Å². The average Bonchev–Trinajstić information content (AvgIpc) is 3.39. The Bertz CT molecular complexity index is 1150. The van der Waals surface area contributed by atoms with Gasteiger partial charge >= 0.3 is 0 Å². The number of rotatable bonds is 4. The Labute approximate surface area is 185 Å². The van der Waals surface area contributed by atoms with E-state index in [-0.39, 0.29) is 18.2 Å². The van der Waals surface area contributed by atoms with Crippen molar-refractivity contribution in [1.29, 1.82) is 0 Å². The Morgan fingerprint density at radius 1 is 1.03 bits per heavy atom. The molecule has 1 saturated heterocycles. The zero-order valence-electron chi connectivity index (χ0n) is 16.8. The topological polar surface area (TPSA) is 65.5 Å². The van der Waals surface area contributed by atoms with Crippen LogP contribution in [0.4, 0.5) is 17.2 Å². The number of hydrogen-bond donors (Lipinski definition) is 1. The van der Waals surface area contributed by atoms with Crippen LogP contribution < -0.4 is 15.1 Å². The monoisotopic (exact) mass is 432 g/mol. The summed E-state index contributed by atoms with van der Waals surface area (Å²) in [7, 11) is 0. The fourth-order valence-electron chi connectivity index (χ4n) is 4.26. The summed E-state index contributed by atoms with van der Waals surface area (Å²) >= 11 is 6.25. The molecule has 5 rings (SSSR count).